The number of anilines is 1. The van der Waals surface area contributed by atoms with Gasteiger partial charge >= 0.3 is 0 Å². The lowest BCUT2D eigenvalue weighted by Crippen LogP contribution is -2.12. The fourth-order valence-electron chi connectivity index (χ4n) is 3.13. The molecule has 1 amide bonds. The van der Waals surface area contributed by atoms with Gasteiger partial charge in [-0.05, 0) is 48.4 Å². The number of amides is 1. The van der Waals surface area contributed by atoms with E-state index in [1.807, 2.05) is 24.3 Å². The number of furan rings is 1. The highest BCUT2D eigenvalue weighted by atomic mass is 35.5. The second-order valence-corrected chi connectivity index (χ2v) is 8.45. The van der Waals surface area contributed by atoms with Crippen molar-refractivity contribution in [2.75, 3.05) is 5.32 Å². The number of carbonyl (C=O) groups is 1. The third-order valence-electron chi connectivity index (χ3n) is 4.93. The third kappa shape index (κ3) is 5.71. The van der Waals surface area contributed by atoms with Crippen molar-refractivity contribution < 1.29 is 13.9 Å². The van der Waals surface area contributed by atoms with Gasteiger partial charge in [0.25, 0.3) is 5.91 Å². The van der Waals surface area contributed by atoms with Crippen molar-refractivity contribution >= 4 is 46.5 Å². The average Bonchev–Trinajstić information content (AvgIpc) is 3.42. The second-order valence-electron chi connectivity index (χ2n) is 7.23. The molecule has 170 valence electrons. The number of benzene rings is 2. The first-order chi connectivity index (χ1) is 15.9. The van der Waals surface area contributed by atoms with Gasteiger partial charge in [0.2, 0.25) is 0 Å². The quantitative estimate of drug-likeness (QED) is 0.284. The standard InChI is InChI=1S/C24H20Cl3N3O3/c1-2-15-6-8-16(9-7-15)32-14-17-10-11-22(33-17)24(31)28-23-21(27)13-30(29-23)12-18-19(25)4-3-5-20(18)26/h3-11,13H,2,12,14H2,1H3,(H,28,29,31). The van der Waals surface area contributed by atoms with Crippen molar-refractivity contribution in [2.24, 2.45) is 0 Å². The van der Waals surface area contributed by atoms with Crippen LogP contribution in [0.5, 0.6) is 5.75 Å². The molecular formula is C24H20Cl3N3O3. The summed E-state index contributed by atoms with van der Waals surface area (Å²) in [5, 5.41) is 8.29. The average molecular weight is 505 g/mol. The number of nitrogens with one attached hydrogen (secondary N) is 1. The summed E-state index contributed by atoms with van der Waals surface area (Å²) in [5.74, 6) is 1.09. The van der Waals surface area contributed by atoms with Crippen LogP contribution in [0.2, 0.25) is 15.1 Å². The Morgan fingerprint density at radius 3 is 2.45 bits per heavy atom. The SMILES string of the molecule is CCc1ccc(OCc2ccc(C(=O)Nc3nn(Cc4c(Cl)cccc4Cl)cc3Cl)o2)cc1. The molecule has 0 spiro atoms. The molecule has 0 aliphatic heterocycles. The van der Waals surface area contributed by atoms with Crippen LogP contribution in [0.25, 0.3) is 0 Å². The Kier molecular flexibility index (Phi) is 7.28. The molecule has 0 bridgehead atoms. The van der Waals surface area contributed by atoms with Gasteiger partial charge in [-0.1, -0.05) is 59.9 Å². The molecule has 33 heavy (non-hydrogen) atoms. The molecule has 2 heterocycles. The van der Waals surface area contributed by atoms with E-state index < -0.39 is 5.91 Å². The monoisotopic (exact) mass is 503 g/mol. The minimum Gasteiger partial charge on any atom is -0.486 e. The second kappa shape index (κ2) is 10.3. The number of aromatic nitrogens is 2. The van der Waals surface area contributed by atoms with Crippen molar-refractivity contribution in [1.29, 1.82) is 0 Å². The van der Waals surface area contributed by atoms with Crippen LogP contribution >= 0.6 is 34.8 Å². The number of carbonyl (C=O) groups excluding carboxylic acids is 1. The number of halogens is 3. The van der Waals surface area contributed by atoms with E-state index in [1.54, 1.807) is 41.2 Å². The summed E-state index contributed by atoms with van der Waals surface area (Å²) < 4.78 is 12.9. The maximum atomic E-state index is 12.6. The fraction of sp³-hybridized carbons (Fsp3) is 0.167. The van der Waals surface area contributed by atoms with Gasteiger partial charge in [-0.15, -0.1) is 0 Å². The van der Waals surface area contributed by atoms with E-state index in [1.165, 1.54) is 5.56 Å². The Morgan fingerprint density at radius 1 is 1.03 bits per heavy atom. The zero-order valence-corrected chi connectivity index (χ0v) is 19.9. The predicted molar refractivity (Wildman–Crippen MR) is 130 cm³/mol. The molecule has 4 rings (SSSR count). The Hall–Kier alpha value is -2.93. The van der Waals surface area contributed by atoms with Gasteiger partial charge in [0.1, 0.15) is 23.1 Å². The van der Waals surface area contributed by atoms with Gasteiger partial charge in [-0.25, -0.2) is 0 Å². The lowest BCUT2D eigenvalue weighted by molar-refractivity contribution is 0.0992. The maximum Gasteiger partial charge on any atom is 0.292 e. The molecule has 0 atom stereocenters. The summed E-state index contributed by atoms with van der Waals surface area (Å²) in [4.78, 5) is 12.6. The van der Waals surface area contributed by atoms with Gasteiger partial charge < -0.3 is 14.5 Å². The Morgan fingerprint density at radius 2 is 1.76 bits per heavy atom. The molecular weight excluding hydrogens is 485 g/mol. The number of hydrogen-bond donors (Lipinski definition) is 1. The topological polar surface area (TPSA) is 69.3 Å². The van der Waals surface area contributed by atoms with Crippen LogP contribution in [0.15, 0.2) is 65.2 Å². The number of aryl methyl sites for hydroxylation is 1. The molecule has 2 aromatic carbocycles. The van der Waals surface area contributed by atoms with Gasteiger partial charge in [0, 0.05) is 21.8 Å². The van der Waals surface area contributed by atoms with Crippen LogP contribution in [-0.2, 0) is 19.6 Å². The van der Waals surface area contributed by atoms with Gasteiger partial charge in [0.05, 0.1) is 6.54 Å². The van der Waals surface area contributed by atoms with Crippen LogP contribution in [0.3, 0.4) is 0 Å². The molecule has 0 saturated carbocycles. The lowest BCUT2D eigenvalue weighted by atomic mass is 10.2. The first kappa shape index (κ1) is 23.2. The first-order valence-electron chi connectivity index (χ1n) is 10.2. The van der Waals surface area contributed by atoms with Crippen LogP contribution in [-0.4, -0.2) is 15.7 Å². The van der Waals surface area contributed by atoms with E-state index in [4.69, 9.17) is 44.0 Å². The number of nitrogens with zero attached hydrogens (tertiary/aromatic N) is 2. The highest BCUT2D eigenvalue weighted by molar-refractivity contribution is 6.36. The van der Waals surface area contributed by atoms with Crippen molar-refractivity contribution in [3.8, 4) is 5.75 Å². The van der Waals surface area contributed by atoms with Crippen molar-refractivity contribution in [3.05, 3.63) is 98.5 Å². The lowest BCUT2D eigenvalue weighted by Gasteiger charge is -2.06. The molecule has 1 N–H and O–H groups in total. The molecule has 6 nitrogen and oxygen atoms in total. The molecule has 0 saturated heterocycles. The molecule has 4 aromatic rings. The summed E-state index contributed by atoms with van der Waals surface area (Å²) in [6.45, 7) is 2.60. The van der Waals surface area contributed by atoms with E-state index in [0.29, 0.717) is 27.9 Å². The van der Waals surface area contributed by atoms with E-state index in [2.05, 4.69) is 17.3 Å². The van der Waals surface area contributed by atoms with Crippen LogP contribution in [0.1, 0.15) is 34.4 Å². The van der Waals surface area contributed by atoms with E-state index in [-0.39, 0.29) is 23.2 Å². The minimum atomic E-state index is -0.475. The van der Waals surface area contributed by atoms with Crippen LogP contribution < -0.4 is 10.1 Å². The van der Waals surface area contributed by atoms with E-state index >= 15 is 0 Å². The smallest absolute Gasteiger partial charge is 0.292 e. The number of hydrogen-bond acceptors (Lipinski definition) is 4. The van der Waals surface area contributed by atoms with Gasteiger partial charge in [-0.2, -0.15) is 5.10 Å². The van der Waals surface area contributed by atoms with Crippen molar-refractivity contribution in [3.63, 3.8) is 0 Å². The molecule has 0 radical (unpaired) electrons. The Labute approximate surface area is 206 Å². The molecule has 9 heteroatoms. The first-order valence-corrected chi connectivity index (χ1v) is 11.3. The highest BCUT2D eigenvalue weighted by Gasteiger charge is 2.17. The molecule has 0 aliphatic carbocycles. The predicted octanol–water partition coefficient (Wildman–Crippen LogP) is 6.88. The van der Waals surface area contributed by atoms with Gasteiger partial charge in [-0.3, -0.25) is 9.48 Å². The number of ether oxygens (including phenoxy) is 1. The molecule has 0 fully saturated rings. The van der Waals surface area contributed by atoms with E-state index in [9.17, 15) is 4.79 Å². The fourth-order valence-corrected chi connectivity index (χ4v) is 3.85. The van der Waals surface area contributed by atoms with Crippen LogP contribution in [0.4, 0.5) is 5.82 Å². The maximum absolute atomic E-state index is 12.6. The summed E-state index contributed by atoms with van der Waals surface area (Å²) in [5.41, 5.74) is 1.94. The summed E-state index contributed by atoms with van der Waals surface area (Å²) in [6.07, 6.45) is 2.55. The summed E-state index contributed by atoms with van der Waals surface area (Å²) in [6, 6.07) is 16.4. The molecule has 0 unspecified atom stereocenters. The normalized spacial score (nSPS) is 10.9. The highest BCUT2D eigenvalue weighted by Crippen LogP contribution is 2.27. The van der Waals surface area contributed by atoms with Gasteiger partial charge in [0.15, 0.2) is 11.6 Å². The van der Waals surface area contributed by atoms with Crippen molar-refractivity contribution in [1.82, 2.24) is 9.78 Å². The Balaban J connectivity index is 1.38. The zero-order valence-electron chi connectivity index (χ0n) is 17.6. The molecule has 0 aliphatic rings. The Bertz CT molecular complexity index is 1250. The van der Waals surface area contributed by atoms with Crippen molar-refractivity contribution in [2.45, 2.75) is 26.5 Å². The minimum absolute atomic E-state index is 0.120. The zero-order chi connectivity index (χ0) is 23.4. The molecule has 2 aromatic heterocycles. The third-order valence-corrected chi connectivity index (χ3v) is 5.91. The summed E-state index contributed by atoms with van der Waals surface area (Å²) in [7, 11) is 0. The number of rotatable bonds is 8. The summed E-state index contributed by atoms with van der Waals surface area (Å²) >= 11 is 18.7. The van der Waals surface area contributed by atoms with E-state index in [0.717, 1.165) is 12.2 Å². The largest absolute Gasteiger partial charge is 0.486 e. The van der Waals surface area contributed by atoms with Crippen LogP contribution in [0, 0.1) is 0 Å².